The van der Waals surface area contributed by atoms with E-state index in [1.807, 2.05) is 0 Å². The molecule has 0 saturated carbocycles. The molecule has 1 atom stereocenters. The minimum Gasteiger partial charge on any atom is -0.481 e. The molecule has 0 amide bonds. The van der Waals surface area contributed by atoms with E-state index in [0.29, 0.717) is 5.92 Å². The molecule has 0 saturated heterocycles. The minimum absolute atomic E-state index is 0.247. The summed E-state index contributed by atoms with van der Waals surface area (Å²) in [6.45, 7) is 2.24. The van der Waals surface area contributed by atoms with E-state index in [1.165, 1.54) is 51.4 Å². The largest absolute Gasteiger partial charge is 0.481 e. The van der Waals surface area contributed by atoms with E-state index >= 15 is 0 Å². The van der Waals surface area contributed by atoms with Crippen molar-refractivity contribution < 1.29 is 9.90 Å². The molecule has 0 radical (unpaired) electrons. The number of H-pyrrole nitrogens is 1. The predicted octanol–water partition coefficient (Wildman–Crippen LogP) is 4.46. The summed E-state index contributed by atoms with van der Waals surface area (Å²) in [5, 5.41) is 23.1. The maximum absolute atomic E-state index is 10.6. The molecule has 23 heavy (non-hydrogen) atoms. The molecule has 132 valence electrons. The molecule has 1 aromatic rings. The number of aliphatic carboxylic acids is 1. The number of unbranched alkanes of at least 4 members (excludes halogenated alkanes) is 8. The topological polar surface area (TPSA) is 91.8 Å². The summed E-state index contributed by atoms with van der Waals surface area (Å²) in [6.07, 6.45) is 14.4. The number of nitrogens with one attached hydrogen (secondary N) is 1. The van der Waals surface area contributed by atoms with Gasteiger partial charge in [-0.2, -0.15) is 5.21 Å². The first-order valence-electron chi connectivity index (χ1n) is 9.19. The normalized spacial score (nSPS) is 12.4. The Labute approximate surface area is 139 Å². The second kappa shape index (κ2) is 13.0. The maximum atomic E-state index is 10.6. The monoisotopic (exact) mass is 324 g/mol. The molecule has 1 aromatic heterocycles. The molecule has 0 aliphatic rings. The smallest absolute Gasteiger partial charge is 0.303 e. The first-order valence-corrected chi connectivity index (χ1v) is 9.19. The van der Waals surface area contributed by atoms with E-state index < -0.39 is 5.97 Å². The lowest BCUT2D eigenvalue weighted by molar-refractivity contribution is -0.137. The zero-order valence-corrected chi connectivity index (χ0v) is 14.5. The van der Waals surface area contributed by atoms with Crippen molar-refractivity contribution in [3.63, 3.8) is 0 Å². The molecule has 0 aliphatic heterocycles. The molecule has 0 fully saturated rings. The zero-order valence-electron chi connectivity index (χ0n) is 14.5. The molecule has 0 aromatic carbocycles. The van der Waals surface area contributed by atoms with Crippen molar-refractivity contribution in [1.82, 2.24) is 20.6 Å². The van der Waals surface area contributed by atoms with Gasteiger partial charge in [-0.1, -0.05) is 69.9 Å². The molecule has 6 heteroatoms. The number of carboxylic acids is 1. The molecule has 0 bridgehead atoms. The number of aromatic amines is 1. The lowest BCUT2D eigenvalue weighted by Crippen LogP contribution is -2.03. The van der Waals surface area contributed by atoms with Gasteiger partial charge in [-0.3, -0.25) is 4.79 Å². The number of nitrogens with zero attached hydrogens (tertiary/aromatic N) is 3. The van der Waals surface area contributed by atoms with Crippen LogP contribution < -0.4 is 0 Å². The van der Waals surface area contributed by atoms with Gasteiger partial charge < -0.3 is 5.11 Å². The summed E-state index contributed by atoms with van der Waals surface area (Å²) in [7, 11) is 0. The van der Waals surface area contributed by atoms with Crippen molar-refractivity contribution in [3.05, 3.63) is 5.82 Å². The van der Waals surface area contributed by atoms with E-state index in [-0.39, 0.29) is 6.42 Å². The highest BCUT2D eigenvalue weighted by Gasteiger charge is 2.15. The van der Waals surface area contributed by atoms with Crippen LogP contribution in [0.5, 0.6) is 0 Å². The quantitative estimate of drug-likeness (QED) is 0.465. The molecule has 1 rings (SSSR count). The first kappa shape index (κ1) is 19.6. The number of carbonyl (C=O) groups is 1. The average Bonchev–Trinajstić information content (AvgIpc) is 3.06. The standard InChI is InChI=1S/C17H32N4O2/c1-2-3-4-5-6-7-8-9-12-15(17-18-20-21-19-17)13-10-11-14-16(22)23/h15H,2-14H2,1H3,(H,22,23)(H,18,19,20,21). The number of rotatable bonds is 15. The number of carboxylic acid groups (broad SMARTS) is 1. The maximum Gasteiger partial charge on any atom is 0.303 e. The van der Waals surface area contributed by atoms with Crippen molar-refractivity contribution in [2.24, 2.45) is 0 Å². The summed E-state index contributed by atoms with van der Waals surface area (Å²) in [6, 6.07) is 0. The molecule has 2 N–H and O–H groups in total. The fourth-order valence-electron chi connectivity index (χ4n) is 2.94. The van der Waals surface area contributed by atoms with Crippen LogP contribution in [0.1, 0.15) is 102 Å². The van der Waals surface area contributed by atoms with Gasteiger partial charge in [-0.05, 0) is 19.3 Å². The van der Waals surface area contributed by atoms with Gasteiger partial charge in [0.2, 0.25) is 0 Å². The van der Waals surface area contributed by atoms with Crippen molar-refractivity contribution >= 4 is 5.97 Å². The summed E-state index contributed by atoms with van der Waals surface area (Å²) in [5.41, 5.74) is 0. The third-order valence-electron chi connectivity index (χ3n) is 4.33. The van der Waals surface area contributed by atoms with Crippen molar-refractivity contribution in [2.45, 2.75) is 96.3 Å². The van der Waals surface area contributed by atoms with Gasteiger partial charge in [-0.15, -0.1) is 10.2 Å². The average molecular weight is 324 g/mol. The van der Waals surface area contributed by atoms with Gasteiger partial charge in [0, 0.05) is 12.3 Å². The van der Waals surface area contributed by atoms with Crippen LogP contribution in [0.15, 0.2) is 0 Å². The molecule has 6 nitrogen and oxygen atoms in total. The van der Waals surface area contributed by atoms with Gasteiger partial charge in [0.25, 0.3) is 0 Å². The number of tetrazole rings is 1. The van der Waals surface area contributed by atoms with Gasteiger partial charge in [-0.25, -0.2) is 0 Å². The van der Waals surface area contributed by atoms with E-state index in [9.17, 15) is 4.79 Å². The fourth-order valence-corrected chi connectivity index (χ4v) is 2.94. The van der Waals surface area contributed by atoms with Gasteiger partial charge >= 0.3 is 5.97 Å². The molecule has 1 unspecified atom stereocenters. The Morgan fingerprint density at radius 1 is 1.00 bits per heavy atom. The Hall–Kier alpha value is -1.46. The SMILES string of the molecule is CCCCCCCCCCC(CCCCC(=O)O)c1nn[nH]n1. The second-order valence-electron chi connectivity index (χ2n) is 6.37. The second-order valence-corrected chi connectivity index (χ2v) is 6.37. The molecule has 0 aliphatic carbocycles. The minimum atomic E-state index is -0.718. The van der Waals surface area contributed by atoms with Crippen LogP contribution in [0.4, 0.5) is 0 Å². The van der Waals surface area contributed by atoms with Gasteiger partial charge in [0.05, 0.1) is 0 Å². The summed E-state index contributed by atoms with van der Waals surface area (Å²) >= 11 is 0. The molecule has 0 spiro atoms. The Kier molecular flexibility index (Phi) is 11.1. The van der Waals surface area contributed by atoms with Crippen LogP contribution in [0.3, 0.4) is 0 Å². The highest BCUT2D eigenvalue weighted by Crippen LogP contribution is 2.25. The summed E-state index contributed by atoms with van der Waals surface area (Å²) < 4.78 is 0. The van der Waals surface area contributed by atoms with Crippen molar-refractivity contribution in [2.75, 3.05) is 0 Å². The molecular weight excluding hydrogens is 292 g/mol. The number of hydrogen-bond acceptors (Lipinski definition) is 4. The van der Waals surface area contributed by atoms with Crippen LogP contribution in [0.2, 0.25) is 0 Å². The number of hydrogen-bond donors (Lipinski definition) is 2. The van der Waals surface area contributed by atoms with Gasteiger partial charge in [0.15, 0.2) is 5.82 Å². The van der Waals surface area contributed by atoms with Crippen LogP contribution in [0, 0.1) is 0 Å². The zero-order chi connectivity index (χ0) is 16.8. The van der Waals surface area contributed by atoms with Crippen LogP contribution in [-0.4, -0.2) is 31.7 Å². The molecular formula is C17H32N4O2. The lowest BCUT2D eigenvalue weighted by Gasteiger charge is -2.12. The van der Waals surface area contributed by atoms with E-state index in [1.54, 1.807) is 0 Å². The highest BCUT2D eigenvalue weighted by molar-refractivity contribution is 5.66. The Morgan fingerprint density at radius 3 is 2.17 bits per heavy atom. The van der Waals surface area contributed by atoms with Crippen LogP contribution in [0.25, 0.3) is 0 Å². The predicted molar refractivity (Wildman–Crippen MR) is 90.2 cm³/mol. The van der Waals surface area contributed by atoms with E-state index in [4.69, 9.17) is 5.11 Å². The summed E-state index contributed by atoms with van der Waals surface area (Å²) in [5.74, 6) is 0.370. The van der Waals surface area contributed by atoms with Crippen molar-refractivity contribution in [3.8, 4) is 0 Å². The summed E-state index contributed by atoms with van der Waals surface area (Å²) in [4.78, 5) is 10.6. The molecule has 1 heterocycles. The third kappa shape index (κ3) is 10.0. The fraction of sp³-hybridized carbons (Fsp3) is 0.882. The highest BCUT2D eigenvalue weighted by atomic mass is 16.4. The Balaban J connectivity index is 2.16. The first-order chi connectivity index (χ1) is 11.2. The van der Waals surface area contributed by atoms with E-state index in [2.05, 4.69) is 27.5 Å². The Morgan fingerprint density at radius 2 is 1.61 bits per heavy atom. The lowest BCUT2D eigenvalue weighted by atomic mass is 9.94. The van der Waals surface area contributed by atoms with Crippen LogP contribution >= 0.6 is 0 Å². The third-order valence-corrected chi connectivity index (χ3v) is 4.33. The number of aromatic nitrogens is 4. The van der Waals surface area contributed by atoms with Gasteiger partial charge in [0.1, 0.15) is 0 Å². The van der Waals surface area contributed by atoms with Crippen molar-refractivity contribution in [1.29, 1.82) is 0 Å². The van der Waals surface area contributed by atoms with E-state index in [0.717, 1.165) is 31.5 Å². The van der Waals surface area contributed by atoms with Crippen LogP contribution in [-0.2, 0) is 4.79 Å². The Bertz CT molecular complexity index is 395.